The van der Waals surface area contributed by atoms with Crippen molar-refractivity contribution >= 4 is 24.9 Å². The summed E-state index contributed by atoms with van der Waals surface area (Å²) in [4.78, 5) is 22.9. The highest BCUT2D eigenvalue weighted by molar-refractivity contribution is 7.82. The molecule has 3 atom stereocenters. The molecule has 3 unspecified atom stereocenters. The zero-order valence-corrected chi connectivity index (χ0v) is 13.6. The molecule has 9 heteroatoms. The van der Waals surface area contributed by atoms with Gasteiger partial charge in [0.05, 0.1) is 18.0 Å². The molecule has 2 saturated heterocycles. The van der Waals surface area contributed by atoms with Crippen molar-refractivity contribution in [2.45, 2.75) is 17.3 Å². The van der Waals surface area contributed by atoms with E-state index in [-0.39, 0.29) is 19.1 Å². The summed E-state index contributed by atoms with van der Waals surface area (Å²) in [6.07, 6.45) is 0.773. The van der Waals surface area contributed by atoms with Crippen LogP contribution in [0.5, 0.6) is 11.5 Å². The van der Waals surface area contributed by atoms with E-state index in [2.05, 4.69) is 18.7 Å². The van der Waals surface area contributed by atoms with Crippen molar-refractivity contribution in [2.75, 3.05) is 13.8 Å². The van der Waals surface area contributed by atoms with Gasteiger partial charge in [-0.25, -0.2) is 5.01 Å². The molecular weight excluding hydrogens is 332 g/mol. The maximum absolute atomic E-state index is 12.6. The smallest absolute Gasteiger partial charge is 0.274 e. The van der Waals surface area contributed by atoms with Gasteiger partial charge in [0.15, 0.2) is 16.4 Å². The number of carbonyl (C=O) groups is 2. The molecule has 1 aromatic carbocycles. The van der Waals surface area contributed by atoms with Gasteiger partial charge in [-0.05, 0) is 17.7 Å². The fraction of sp³-hybridized carbons (Fsp3) is 0.400. The number of hydrogen-bond donors (Lipinski definition) is 1. The molecule has 0 aliphatic carbocycles. The van der Waals surface area contributed by atoms with E-state index in [0.29, 0.717) is 17.9 Å². The number of fused-ring (bicyclic) bond motifs is 2. The van der Waals surface area contributed by atoms with Gasteiger partial charge in [0.25, 0.3) is 5.91 Å². The Kier molecular flexibility index (Phi) is 3.16. The van der Waals surface area contributed by atoms with Crippen molar-refractivity contribution in [3.63, 3.8) is 0 Å². The van der Waals surface area contributed by atoms with E-state index in [9.17, 15) is 14.9 Å². The van der Waals surface area contributed by atoms with Gasteiger partial charge in [-0.3, -0.25) is 9.59 Å². The second-order valence-corrected chi connectivity index (χ2v) is 6.65. The van der Waals surface area contributed by atoms with E-state index < -0.39 is 16.8 Å². The Morgan fingerprint density at radius 3 is 2.88 bits per heavy atom. The summed E-state index contributed by atoms with van der Waals surface area (Å²) in [6, 6.07) is 7.09. The van der Waals surface area contributed by atoms with E-state index >= 15 is 0 Å². The number of hydrazine groups is 2. The number of nitriles is 1. The number of benzene rings is 1. The molecule has 124 valence electrons. The molecule has 0 spiro atoms. The minimum absolute atomic E-state index is 0.146. The van der Waals surface area contributed by atoms with Crippen molar-refractivity contribution < 1.29 is 19.1 Å². The zero-order valence-electron chi connectivity index (χ0n) is 12.7. The second-order valence-electron chi connectivity index (χ2n) is 5.91. The molecule has 3 aliphatic heterocycles. The Labute approximate surface area is 143 Å². The lowest BCUT2D eigenvalue weighted by atomic mass is 9.94. The first-order valence-corrected chi connectivity index (χ1v) is 7.79. The normalized spacial score (nSPS) is 31.3. The number of likely N-dealkylation sites (N-methyl/N-ethyl adjacent to an activating group) is 1. The number of thiol groups is 1. The van der Waals surface area contributed by atoms with Crippen LogP contribution in [0, 0.1) is 17.2 Å². The molecule has 3 aliphatic rings. The second kappa shape index (κ2) is 5.03. The number of carbonyl (C=O) groups excluding carboxylic acids is 2. The van der Waals surface area contributed by atoms with Gasteiger partial charge in [0, 0.05) is 13.5 Å². The van der Waals surface area contributed by atoms with E-state index in [1.165, 1.54) is 17.2 Å². The Balaban J connectivity index is 1.82. The van der Waals surface area contributed by atoms with Crippen molar-refractivity contribution in [1.29, 1.82) is 5.26 Å². The Hall–Kier alpha value is -2.44. The topological polar surface area (TPSA) is 86.1 Å². The molecule has 24 heavy (non-hydrogen) atoms. The van der Waals surface area contributed by atoms with Crippen LogP contribution in [0.4, 0.5) is 0 Å². The lowest BCUT2D eigenvalue weighted by Crippen LogP contribution is -2.46. The zero-order chi connectivity index (χ0) is 17.1. The highest BCUT2D eigenvalue weighted by Gasteiger charge is 2.64. The molecule has 2 amide bonds. The Morgan fingerprint density at radius 2 is 2.17 bits per heavy atom. The highest BCUT2D eigenvalue weighted by Crippen LogP contribution is 2.53. The standard InChI is InChI=1S/C15H14N4O4S/c1-17-14(21)15(24)5-10(6-16)13(19(15)18(17)7-20)9-2-3-11-12(4-9)23-8-22-11/h2-4,7,10,13,24H,5,8H2,1H3. The van der Waals surface area contributed by atoms with Crippen molar-refractivity contribution in [2.24, 2.45) is 5.92 Å². The van der Waals surface area contributed by atoms with Crippen LogP contribution in [0.25, 0.3) is 0 Å². The van der Waals surface area contributed by atoms with Crippen LogP contribution in [0.1, 0.15) is 18.0 Å². The number of rotatable bonds is 2. The average molecular weight is 346 g/mol. The van der Waals surface area contributed by atoms with E-state index in [1.807, 2.05) is 6.07 Å². The van der Waals surface area contributed by atoms with E-state index in [0.717, 1.165) is 5.56 Å². The van der Waals surface area contributed by atoms with E-state index in [4.69, 9.17) is 9.47 Å². The predicted octanol–water partition coefficient (Wildman–Crippen LogP) is 0.688. The number of amides is 2. The fourth-order valence-corrected chi connectivity index (χ4v) is 4.16. The number of ether oxygens (including phenoxy) is 2. The number of hydrogen-bond acceptors (Lipinski definition) is 7. The van der Waals surface area contributed by atoms with Crippen LogP contribution in [-0.2, 0) is 9.59 Å². The largest absolute Gasteiger partial charge is 0.454 e. The van der Waals surface area contributed by atoms with E-state index in [1.54, 1.807) is 17.1 Å². The first-order chi connectivity index (χ1) is 11.5. The quantitative estimate of drug-likeness (QED) is 0.626. The van der Waals surface area contributed by atoms with Gasteiger partial charge in [0.1, 0.15) is 0 Å². The minimum Gasteiger partial charge on any atom is -0.454 e. The lowest BCUT2D eigenvalue weighted by molar-refractivity contribution is -0.167. The summed E-state index contributed by atoms with van der Waals surface area (Å²) in [7, 11) is 1.51. The van der Waals surface area contributed by atoms with Gasteiger partial charge >= 0.3 is 0 Å². The highest BCUT2D eigenvalue weighted by atomic mass is 32.1. The Bertz CT molecular complexity index is 781. The molecule has 0 bridgehead atoms. The molecular formula is C15H14N4O4S. The molecule has 4 rings (SSSR count). The summed E-state index contributed by atoms with van der Waals surface area (Å²) in [5.41, 5.74) is 0.761. The first kappa shape index (κ1) is 15.1. The molecule has 0 radical (unpaired) electrons. The number of nitrogens with zero attached hydrogens (tertiary/aromatic N) is 4. The lowest BCUT2D eigenvalue weighted by Gasteiger charge is -2.33. The minimum atomic E-state index is -1.23. The maximum atomic E-state index is 12.6. The first-order valence-electron chi connectivity index (χ1n) is 7.34. The third-order valence-corrected chi connectivity index (χ3v) is 5.27. The molecule has 2 fully saturated rings. The van der Waals surface area contributed by atoms with Gasteiger partial charge in [-0.2, -0.15) is 15.4 Å². The molecule has 3 heterocycles. The molecule has 0 N–H and O–H groups in total. The molecule has 8 nitrogen and oxygen atoms in total. The predicted molar refractivity (Wildman–Crippen MR) is 83.3 cm³/mol. The van der Waals surface area contributed by atoms with Gasteiger partial charge < -0.3 is 9.47 Å². The fourth-order valence-electron chi connectivity index (χ4n) is 3.60. The van der Waals surface area contributed by atoms with Crippen molar-refractivity contribution in [3.8, 4) is 17.6 Å². The van der Waals surface area contributed by atoms with Gasteiger partial charge in [0.2, 0.25) is 13.2 Å². The third-order valence-electron chi connectivity index (χ3n) is 4.69. The molecule has 0 saturated carbocycles. The van der Waals surface area contributed by atoms with Crippen molar-refractivity contribution in [1.82, 2.24) is 15.1 Å². The summed E-state index contributed by atoms with van der Waals surface area (Å²) < 4.78 is 10.7. The summed E-state index contributed by atoms with van der Waals surface area (Å²) in [5, 5.41) is 13.5. The van der Waals surface area contributed by atoms with Crippen molar-refractivity contribution in [3.05, 3.63) is 23.8 Å². The van der Waals surface area contributed by atoms with Crippen LogP contribution in [0.3, 0.4) is 0 Å². The van der Waals surface area contributed by atoms with Crippen LogP contribution >= 0.6 is 12.6 Å². The van der Waals surface area contributed by atoms with Crippen LogP contribution in [0.2, 0.25) is 0 Å². The Morgan fingerprint density at radius 1 is 1.42 bits per heavy atom. The maximum Gasteiger partial charge on any atom is 0.274 e. The molecule has 1 aromatic rings. The third kappa shape index (κ3) is 1.78. The van der Waals surface area contributed by atoms with Crippen LogP contribution in [-0.4, -0.2) is 46.2 Å². The monoisotopic (exact) mass is 346 g/mol. The van der Waals surface area contributed by atoms with Gasteiger partial charge in [-0.1, -0.05) is 6.07 Å². The SMILES string of the molecule is CN1C(=O)C2(S)CC(C#N)C(c3ccc4c(c3)OCO4)N2N1C=O. The van der Waals surface area contributed by atoms with Gasteiger partial charge in [-0.15, -0.1) is 12.6 Å². The van der Waals surface area contributed by atoms with Crippen LogP contribution in [0.15, 0.2) is 18.2 Å². The summed E-state index contributed by atoms with van der Waals surface area (Å²) in [5.74, 6) is 0.381. The summed E-state index contributed by atoms with van der Waals surface area (Å²) >= 11 is 4.54. The molecule has 0 aromatic heterocycles. The van der Waals surface area contributed by atoms with Crippen LogP contribution < -0.4 is 9.47 Å². The summed E-state index contributed by atoms with van der Waals surface area (Å²) in [6.45, 7) is 0.146. The average Bonchev–Trinajstić information content (AvgIpc) is 3.21.